The lowest BCUT2D eigenvalue weighted by Gasteiger charge is -2.32. The lowest BCUT2D eigenvalue weighted by Crippen LogP contribution is -2.26. The summed E-state index contributed by atoms with van der Waals surface area (Å²) in [5, 5.41) is 4.61. The standard InChI is InChI=1S/C67H42N2O/c1-3-16-43(17-4-1)44-30-34-48(35-31-44)68(49-36-37-53-52-22-9-13-26-59(52)67(60(53)42-49)57-24-11-7-20-50(57)51-21-8-12-25-58(51)67)63-28-15-29-65-66(63)56-41-46(33-39-64(56)70-65)45-32-38-62-55(40-45)54-23-10-14-27-61(54)69(62)47-18-5-2-6-19-47/h1-42H. The normalized spacial score (nSPS) is 13.0. The molecule has 0 atom stereocenters. The monoisotopic (exact) mass is 890 g/mol. The molecule has 0 unspecified atom stereocenters. The fraction of sp³-hybridized carbons (Fsp3) is 0.0149. The third-order valence-electron chi connectivity index (χ3n) is 15.2. The summed E-state index contributed by atoms with van der Waals surface area (Å²) in [5.74, 6) is 0. The van der Waals surface area contributed by atoms with Crippen molar-refractivity contribution in [2.45, 2.75) is 5.41 Å². The molecule has 0 bridgehead atoms. The van der Waals surface area contributed by atoms with Crippen molar-refractivity contribution in [3.8, 4) is 50.2 Å². The highest BCUT2D eigenvalue weighted by molar-refractivity contribution is 6.15. The second kappa shape index (κ2) is 14.9. The Morgan fingerprint density at radius 3 is 1.59 bits per heavy atom. The minimum Gasteiger partial charge on any atom is -0.456 e. The Kier molecular flexibility index (Phi) is 8.28. The van der Waals surface area contributed by atoms with E-state index < -0.39 is 5.41 Å². The van der Waals surface area contributed by atoms with Crippen LogP contribution in [0.4, 0.5) is 17.1 Å². The fourth-order valence-corrected chi connectivity index (χ4v) is 12.3. The highest BCUT2D eigenvalue weighted by Gasteiger charge is 2.51. The molecule has 11 aromatic carbocycles. The molecule has 1 spiro atoms. The van der Waals surface area contributed by atoms with E-state index in [1.54, 1.807) is 0 Å². The molecule has 2 aromatic heterocycles. The van der Waals surface area contributed by atoms with E-state index in [4.69, 9.17) is 4.42 Å². The molecule has 0 amide bonds. The Morgan fingerprint density at radius 2 is 0.871 bits per heavy atom. The zero-order valence-electron chi connectivity index (χ0n) is 38.1. The van der Waals surface area contributed by atoms with Crippen LogP contribution in [-0.2, 0) is 5.41 Å². The summed E-state index contributed by atoms with van der Waals surface area (Å²) in [6, 6.07) is 93.5. The van der Waals surface area contributed by atoms with E-state index in [0.717, 1.165) is 55.8 Å². The van der Waals surface area contributed by atoms with Crippen LogP contribution in [0.25, 0.3) is 93.9 Å². The van der Waals surface area contributed by atoms with Crippen molar-refractivity contribution in [1.29, 1.82) is 0 Å². The molecular weight excluding hydrogens is 849 g/mol. The number of rotatable bonds is 6. The van der Waals surface area contributed by atoms with Gasteiger partial charge in [-0.15, -0.1) is 0 Å². The Bertz CT molecular complexity index is 4170. The molecule has 326 valence electrons. The van der Waals surface area contributed by atoms with Crippen molar-refractivity contribution in [3.63, 3.8) is 0 Å². The first kappa shape index (κ1) is 38.9. The SMILES string of the molecule is c1ccc(-c2ccc(N(c3ccc4c(c3)C3(c5ccccc5-c5ccccc53)c3ccccc3-4)c3cccc4oc5ccc(-c6ccc7c(c6)c6ccccc6n7-c6ccccc6)cc5c34)cc2)cc1. The predicted molar refractivity (Wildman–Crippen MR) is 290 cm³/mol. The van der Waals surface area contributed by atoms with Gasteiger partial charge in [-0.1, -0.05) is 176 Å². The summed E-state index contributed by atoms with van der Waals surface area (Å²) in [5.41, 5.74) is 23.1. The van der Waals surface area contributed by atoms with Crippen molar-refractivity contribution in [2.75, 3.05) is 4.90 Å². The molecule has 0 radical (unpaired) electrons. The van der Waals surface area contributed by atoms with Crippen LogP contribution in [0.1, 0.15) is 22.3 Å². The zero-order valence-corrected chi connectivity index (χ0v) is 38.1. The molecule has 2 aliphatic carbocycles. The second-order valence-corrected chi connectivity index (χ2v) is 18.7. The summed E-state index contributed by atoms with van der Waals surface area (Å²) < 4.78 is 9.18. The maximum atomic E-state index is 6.80. The van der Waals surface area contributed by atoms with Gasteiger partial charge in [0, 0.05) is 33.2 Å². The Labute approximate surface area is 405 Å². The number of para-hydroxylation sites is 2. The maximum Gasteiger partial charge on any atom is 0.137 e. The highest BCUT2D eigenvalue weighted by Crippen LogP contribution is 2.63. The predicted octanol–water partition coefficient (Wildman–Crippen LogP) is 17.8. The quantitative estimate of drug-likeness (QED) is 0.166. The van der Waals surface area contributed by atoms with E-state index in [9.17, 15) is 0 Å². The van der Waals surface area contributed by atoms with Crippen molar-refractivity contribution in [3.05, 3.63) is 277 Å². The van der Waals surface area contributed by atoms with Crippen molar-refractivity contribution >= 4 is 60.8 Å². The van der Waals surface area contributed by atoms with E-state index in [-0.39, 0.29) is 0 Å². The Morgan fingerprint density at radius 1 is 0.329 bits per heavy atom. The van der Waals surface area contributed by atoms with E-state index >= 15 is 0 Å². The average Bonchev–Trinajstić information content (AvgIpc) is 4.16. The van der Waals surface area contributed by atoms with Crippen molar-refractivity contribution < 1.29 is 4.42 Å². The molecule has 2 heterocycles. The molecule has 0 aliphatic heterocycles. The lowest BCUT2D eigenvalue weighted by molar-refractivity contribution is 0.669. The molecule has 0 saturated carbocycles. The smallest absolute Gasteiger partial charge is 0.137 e. The Balaban J connectivity index is 0.948. The lowest BCUT2D eigenvalue weighted by atomic mass is 9.70. The molecule has 15 rings (SSSR count). The number of anilines is 3. The summed E-state index contributed by atoms with van der Waals surface area (Å²) in [6.45, 7) is 0. The molecule has 0 N–H and O–H groups in total. The van der Waals surface area contributed by atoms with Crippen LogP contribution in [0.3, 0.4) is 0 Å². The van der Waals surface area contributed by atoms with E-state index in [0.29, 0.717) is 0 Å². The van der Waals surface area contributed by atoms with Crippen LogP contribution in [0, 0.1) is 0 Å². The first-order chi connectivity index (χ1) is 34.7. The molecule has 70 heavy (non-hydrogen) atoms. The largest absolute Gasteiger partial charge is 0.456 e. The van der Waals surface area contributed by atoms with Gasteiger partial charge in [0.15, 0.2) is 0 Å². The first-order valence-electron chi connectivity index (χ1n) is 24.2. The number of benzene rings is 11. The van der Waals surface area contributed by atoms with Crippen LogP contribution in [0.2, 0.25) is 0 Å². The number of nitrogens with zero attached hydrogens (tertiary/aromatic N) is 2. The molecule has 2 aliphatic rings. The molecule has 3 nitrogen and oxygen atoms in total. The van der Waals surface area contributed by atoms with Gasteiger partial charge in [0.05, 0.1) is 27.5 Å². The van der Waals surface area contributed by atoms with Gasteiger partial charge >= 0.3 is 0 Å². The zero-order chi connectivity index (χ0) is 45.9. The average molecular weight is 891 g/mol. The fourth-order valence-electron chi connectivity index (χ4n) is 12.3. The number of aromatic nitrogens is 1. The third-order valence-corrected chi connectivity index (χ3v) is 15.2. The van der Waals surface area contributed by atoms with Gasteiger partial charge in [-0.25, -0.2) is 0 Å². The molecule has 3 heteroatoms. The Hall–Kier alpha value is -9.18. The van der Waals surface area contributed by atoms with E-state index in [2.05, 4.69) is 264 Å². The maximum absolute atomic E-state index is 6.80. The van der Waals surface area contributed by atoms with Crippen LogP contribution < -0.4 is 4.90 Å². The number of hydrogen-bond acceptors (Lipinski definition) is 2. The number of furan rings is 1. The van der Waals surface area contributed by atoms with Gasteiger partial charge in [-0.05, 0) is 146 Å². The minimum atomic E-state index is -0.476. The van der Waals surface area contributed by atoms with Gasteiger partial charge in [0.25, 0.3) is 0 Å². The van der Waals surface area contributed by atoms with Crippen molar-refractivity contribution in [1.82, 2.24) is 4.57 Å². The number of hydrogen-bond donors (Lipinski definition) is 0. The minimum absolute atomic E-state index is 0.476. The van der Waals surface area contributed by atoms with E-state index in [1.165, 1.54) is 77.4 Å². The highest BCUT2D eigenvalue weighted by atomic mass is 16.3. The van der Waals surface area contributed by atoms with Gasteiger partial charge in [0.2, 0.25) is 0 Å². The van der Waals surface area contributed by atoms with Gasteiger partial charge < -0.3 is 13.9 Å². The van der Waals surface area contributed by atoms with Gasteiger partial charge in [0.1, 0.15) is 11.2 Å². The van der Waals surface area contributed by atoms with Gasteiger partial charge in [-0.3, -0.25) is 0 Å². The van der Waals surface area contributed by atoms with Crippen molar-refractivity contribution in [2.24, 2.45) is 0 Å². The first-order valence-corrected chi connectivity index (χ1v) is 24.2. The van der Waals surface area contributed by atoms with Crippen LogP contribution >= 0.6 is 0 Å². The van der Waals surface area contributed by atoms with Crippen LogP contribution in [-0.4, -0.2) is 4.57 Å². The third kappa shape index (κ3) is 5.46. The second-order valence-electron chi connectivity index (χ2n) is 18.7. The topological polar surface area (TPSA) is 21.3 Å². The molecule has 13 aromatic rings. The van der Waals surface area contributed by atoms with E-state index in [1.807, 2.05) is 0 Å². The van der Waals surface area contributed by atoms with Gasteiger partial charge in [-0.2, -0.15) is 0 Å². The summed E-state index contributed by atoms with van der Waals surface area (Å²) in [4.78, 5) is 2.45. The molecular formula is C67H42N2O. The summed E-state index contributed by atoms with van der Waals surface area (Å²) in [7, 11) is 0. The number of fused-ring (bicyclic) bond motifs is 16. The molecule has 0 fully saturated rings. The summed E-state index contributed by atoms with van der Waals surface area (Å²) in [6.07, 6.45) is 0. The molecule has 0 saturated heterocycles. The van der Waals surface area contributed by atoms with Crippen LogP contribution in [0.15, 0.2) is 259 Å². The van der Waals surface area contributed by atoms with Crippen LogP contribution in [0.5, 0.6) is 0 Å². The summed E-state index contributed by atoms with van der Waals surface area (Å²) >= 11 is 0.